The number of rotatable bonds is 5. The highest BCUT2D eigenvalue weighted by molar-refractivity contribution is 5.73. The first-order chi connectivity index (χ1) is 9.85. The number of carbonyl (C=O) groups excluding carboxylic acids is 2. The Morgan fingerprint density at radius 3 is 2.71 bits per heavy atom. The number of morpholine rings is 1. The molecule has 1 aliphatic rings. The number of hydrogen-bond acceptors (Lipinski definition) is 5. The molecule has 6 nitrogen and oxygen atoms in total. The number of hydrogen-bond donors (Lipinski definition) is 0. The number of amides is 1. The Morgan fingerprint density at radius 1 is 1.43 bits per heavy atom. The smallest absolute Gasteiger partial charge is 0.410 e. The van der Waals surface area contributed by atoms with Crippen molar-refractivity contribution >= 4 is 12.4 Å². The van der Waals surface area contributed by atoms with Crippen molar-refractivity contribution in [2.75, 3.05) is 32.9 Å². The van der Waals surface area contributed by atoms with E-state index in [4.69, 9.17) is 14.2 Å². The third-order valence-electron chi connectivity index (χ3n) is 2.77. The lowest BCUT2D eigenvalue weighted by Crippen LogP contribution is -2.47. The van der Waals surface area contributed by atoms with Gasteiger partial charge in [0.1, 0.15) is 11.9 Å². The molecule has 0 unspecified atom stereocenters. The molecule has 1 aliphatic heterocycles. The summed E-state index contributed by atoms with van der Waals surface area (Å²) >= 11 is 0. The molecule has 1 atom stereocenters. The average molecular weight is 299 g/mol. The van der Waals surface area contributed by atoms with Crippen LogP contribution in [-0.4, -0.2) is 61.9 Å². The standard InChI is InChI=1S/C15H25NO5/c1-5-19-11-12(10-17)8-13-9-16(6-7-20-13)14(18)21-15(2,3)4/h8,10,13H,5-7,9,11H2,1-4H3/b12-8+/t13-/m0/s1. The first kappa shape index (κ1) is 17.7. The van der Waals surface area contributed by atoms with E-state index < -0.39 is 5.60 Å². The van der Waals surface area contributed by atoms with Crippen LogP contribution in [-0.2, 0) is 19.0 Å². The molecule has 0 N–H and O–H groups in total. The van der Waals surface area contributed by atoms with E-state index in [0.29, 0.717) is 31.9 Å². The first-order valence-electron chi connectivity index (χ1n) is 7.19. The van der Waals surface area contributed by atoms with Gasteiger partial charge < -0.3 is 19.1 Å². The van der Waals surface area contributed by atoms with Crippen molar-refractivity contribution < 1.29 is 23.8 Å². The van der Waals surface area contributed by atoms with Crippen molar-refractivity contribution in [1.29, 1.82) is 0 Å². The summed E-state index contributed by atoms with van der Waals surface area (Å²) in [5.41, 5.74) is -0.00297. The number of nitrogens with zero attached hydrogens (tertiary/aromatic N) is 1. The third-order valence-corrected chi connectivity index (χ3v) is 2.77. The monoisotopic (exact) mass is 299 g/mol. The Morgan fingerprint density at radius 2 is 2.14 bits per heavy atom. The maximum Gasteiger partial charge on any atom is 0.410 e. The fourth-order valence-electron chi connectivity index (χ4n) is 1.85. The van der Waals surface area contributed by atoms with Crippen LogP contribution in [0.3, 0.4) is 0 Å². The molecule has 0 aromatic carbocycles. The molecule has 1 saturated heterocycles. The molecule has 0 radical (unpaired) electrons. The highest BCUT2D eigenvalue weighted by Crippen LogP contribution is 2.14. The summed E-state index contributed by atoms with van der Waals surface area (Å²) in [4.78, 5) is 24.6. The zero-order chi connectivity index (χ0) is 15.9. The summed E-state index contributed by atoms with van der Waals surface area (Å²) in [5.74, 6) is 0. The third kappa shape index (κ3) is 6.73. The van der Waals surface area contributed by atoms with Crippen molar-refractivity contribution in [1.82, 2.24) is 4.90 Å². The maximum absolute atomic E-state index is 12.0. The average Bonchev–Trinajstić information content (AvgIpc) is 2.42. The van der Waals surface area contributed by atoms with Gasteiger partial charge >= 0.3 is 6.09 Å². The molecule has 21 heavy (non-hydrogen) atoms. The van der Waals surface area contributed by atoms with Gasteiger partial charge in [-0.2, -0.15) is 0 Å². The lowest BCUT2D eigenvalue weighted by Gasteiger charge is -2.33. The van der Waals surface area contributed by atoms with Gasteiger partial charge in [-0.1, -0.05) is 0 Å². The molecule has 0 aromatic rings. The molecular weight excluding hydrogens is 274 g/mol. The lowest BCUT2D eigenvalue weighted by molar-refractivity contribution is -0.105. The van der Waals surface area contributed by atoms with Crippen LogP contribution in [0.25, 0.3) is 0 Å². The van der Waals surface area contributed by atoms with E-state index in [1.807, 2.05) is 27.7 Å². The molecule has 0 aliphatic carbocycles. The Balaban J connectivity index is 2.60. The van der Waals surface area contributed by atoms with E-state index in [9.17, 15) is 9.59 Å². The van der Waals surface area contributed by atoms with E-state index in [1.54, 1.807) is 11.0 Å². The topological polar surface area (TPSA) is 65.1 Å². The zero-order valence-corrected chi connectivity index (χ0v) is 13.3. The van der Waals surface area contributed by atoms with Gasteiger partial charge in [-0.25, -0.2) is 4.79 Å². The minimum Gasteiger partial charge on any atom is -0.444 e. The van der Waals surface area contributed by atoms with Crippen LogP contribution < -0.4 is 0 Å². The Hall–Kier alpha value is -1.40. The Labute approximate surface area is 126 Å². The summed E-state index contributed by atoms with van der Waals surface area (Å²) in [7, 11) is 0. The zero-order valence-electron chi connectivity index (χ0n) is 13.3. The van der Waals surface area contributed by atoms with Gasteiger partial charge in [-0.05, 0) is 33.8 Å². The maximum atomic E-state index is 12.0. The molecule has 1 amide bonds. The summed E-state index contributed by atoms with van der Waals surface area (Å²) in [6.07, 6.45) is 1.79. The van der Waals surface area contributed by atoms with E-state index in [0.717, 1.165) is 6.29 Å². The molecule has 1 rings (SSSR count). The molecule has 120 valence electrons. The van der Waals surface area contributed by atoms with Crippen molar-refractivity contribution in [2.24, 2.45) is 0 Å². The molecule has 1 heterocycles. The molecule has 0 spiro atoms. The molecule has 6 heteroatoms. The normalized spacial score (nSPS) is 20.3. The van der Waals surface area contributed by atoms with Crippen molar-refractivity contribution in [3.63, 3.8) is 0 Å². The highest BCUT2D eigenvalue weighted by Gasteiger charge is 2.27. The minimum atomic E-state index is -0.524. The van der Waals surface area contributed by atoms with Gasteiger partial charge in [-0.3, -0.25) is 4.79 Å². The highest BCUT2D eigenvalue weighted by atomic mass is 16.6. The Kier molecular flexibility index (Phi) is 6.84. The van der Waals surface area contributed by atoms with Crippen LogP contribution in [0.1, 0.15) is 27.7 Å². The molecular formula is C15H25NO5. The second kappa shape index (κ2) is 8.14. The predicted octanol–water partition coefficient (Wildman–Crippen LogP) is 1.78. The molecule has 0 aromatic heterocycles. The molecule has 0 bridgehead atoms. The second-order valence-electron chi connectivity index (χ2n) is 5.83. The summed E-state index contributed by atoms with van der Waals surface area (Å²) in [5, 5.41) is 0. The number of aldehydes is 1. The van der Waals surface area contributed by atoms with Crippen molar-refractivity contribution in [3.8, 4) is 0 Å². The minimum absolute atomic E-state index is 0.256. The van der Waals surface area contributed by atoms with Crippen molar-refractivity contribution in [2.45, 2.75) is 39.4 Å². The summed E-state index contributed by atoms with van der Waals surface area (Å²) < 4.78 is 16.1. The number of ether oxygens (including phenoxy) is 3. The fraction of sp³-hybridized carbons (Fsp3) is 0.733. The quantitative estimate of drug-likeness (QED) is 0.572. The van der Waals surface area contributed by atoms with E-state index in [-0.39, 0.29) is 18.8 Å². The second-order valence-corrected chi connectivity index (χ2v) is 5.83. The predicted molar refractivity (Wildman–Crippen MR) is 78.2 cm³/mol. The lowest BCUT2D eigenvalue weighted by atomic mass is 10.2. The molecule has 1 fully saturated rings. The first-order valence-corrected chi connectivity index (χ1v) is 7.19. The van der Waals surface area contributed by atoms with Gasteiger partial charge in [0.15, 0.2) is 0 Å². The van der Waals surface area contributed by atoms with Gasteiger partial charge in [-0.15, -0.1) is 0 Å². The largest absolute Gasteiger partial charge is 0.444 e. The van der Waals surface area contributed by atoms with E-state index >= 15 is 0 Å². The van der Waals surface area contributed by atoms with Crippen LogP contribution >= 0.6 is 0 Å². The number of carbonyl (C=O) groups is 2. The van der Waals surface area contributed by atoms with Crippen LogP contribution in [0.5, 0.6) is 0 Å². The van der Waals surface area contributed by atoms with Gasteiger partial charge in [0.05, 0.1) is 25.9 Å². The van der Waals surface area contributed by atoms with Gasteiger partial charge in [0, 0.05) is 18.7 Å². The summed E-state index contributed by atoms with van der Waals surface area (Å²) in [6.45, 7) is 9.43. The summed E-state index contributed by atoms with van der Waals surface area (Å²) in [6, 6.07) is 0. The SMILES string of the molecule is CCOC/C(C=O)=C/[C@H]1CN(C(=O)OC(C)(C)C)CCO1. The molecule has 0 saturated carbocycles. The van der Waals surface area contributed by atoms with Crippen LogP contribution in [0.2, 0.25) is 0 Å². The van der Waals surface area contributed by atoms with Crippen LogP contribution in [0, 0.1) is 0 Å². The fourth-order valence-corrected chi connectivity index (χ4v) is 1.85. The Bertz CT molecular complexity index is 386. The van der Waals surface area contributed by atoms with Crippen LogP contribution in [0.15, 0.2) is 11.6 Å². The van der Waals surface area contributed by atoms with E-state index in [1.165, 1.54) is 0 Å². The van der Waals surface area contributed by atoms with Gasteiger partial charge in [0.25, 0.3) is 0 Å². The van der Waals surface area contributed by atoms with Gasteiger partial charge in [0.2, 0.25) is 0 Å². The van der Waals surface area contributed by atoms with Crippen molar-refractivity contribution in [3.05, 3.63) is 11.6 Å². The van der Waals surface area contributed by atoms with E-state index in [2.05, 4.69) is 0 Å². The van der Waals surface area contributed by atoms with Crippen LogP contribution in [0.4, 0.5) is 4.79 Å².